The number of morpholine rings is 1. The van der Waals surface area contributed by atoms with Crippen molar-refractivity contribution in [3.8, 4) is 5.75 Å². The van der Waals surface area contributed by atoms with Crippen molar-refractivity contribution in [2.24, 2.45) is 0 Å². The molecule has 2 bridgehead atoms. The molecule has 4 aliphatic rings. The maximum absolute atomic E-state index is 14.1. The van der Waals surface area contributed by atoms with E-state index in [9.17, 15) is 9.18 Å². The van der Waals surface area contributed by atoms with E-state index in [2.05, 4.69) is 37.0 Å². The van der Waals surface area contributed by atoms with Crippen LogP contribution >= 0.6 is 11.6 Å². The average Bonchev–Trinajstić information content (AvgIpc) is 3.86. The zero-order valence-electron chi connectivity index (χ0n) is 26.3. The Balaban J connectivity index is 1.10. The highest BCUT2D eigenvalue weighted by atomic mass is 35.5. The molecule has 3 aromatic rings. The molecule has 0 unspecified atom stereocenters. The Morgan fingerprint density at radius 1 is 1.17 bits per heavy atom. The maximum atomic E-state index is 14.1. The van der Waals surface area contributed by atoms with Crippen LogP contribution in [0, 0.1) is 5.82 Å². The van der Waals surface area contributed by atoms with Crippen molar-refractivity contribution in [3.63, 3.8) is 0 Å². The standard InChI is InChI=1S/C34H39ClFN7O4/c1-3-33(44)40-27-15-28(30(45-2)16-29(27)41-10-7-22(8-11-41)42-18-25-14-24(42)19-46-25)39-31-17-32(38-20-37-31)43-23(9-12-47-43)13-21-5-4-6-26(36)34(21)35/h3-6,15-17,20,22-25H,1,7-14,18-19H2,2H3,(H,40,44)(H,37,38,39)/t23-,24+,25+/m1/s1. The number of hydrogen-bond acceptors (Lipinski definition) is 10. The number of nitrogens with one attached hydrogen (secondary N) is 2. The third kappa shape index (κ3) is 6.60. The highest BCUT2D eigenvalue weighted by Crippen LogP contribution is 2.41. The van der Waals surface area contributed by atoms with Gasteiger partial charge in [0.25, 0.3) is 0 Å². The van der Waals surface area contributed by atoms with E-state index in [0.717, 1.165) is 57.6 Å². The second kappa shape index (κ2) is 13.6. The van der Waals surface area contributed by atoms with Crippen molar-refractivity contribution in [1.82, 2.24) is 14.9 Å². The lowest BCUT2D eigenvalue weighted by atomic mass is 10.0. The van der Waals surface area contributed by atoms with E-state index in [-0.39, 0.29) is 17.0 Å². The van der Waals surface area contributed by atoms with Gasteiger partial charge in [0.05, 0.1) is 54.6 Å². The minimum absolute atomic E-state index is 0.0929. The van der Waals surface area contributed by atoms with Gasteiger partial charge in [0.15, 0.2) is 5.82 Å². The van der Waals surface area contributed by atoms with Gasteiger partial charge in [0, 0.05) is 43.9 Å². The van der Waals surface area contributed by atoms with Crippen LogP contribution in [0.4, 0.5) is 33.1 Å². The number of hydroxylamine groups is 1. The second-order valence-corrected chi connectivity index (χ2v) is 12.8. The Morgan fingerprint density at radius 3 is 2.77 bits per heavy atom. The van der Waals surface area contributed by atoms with E-state index in [1.807, 2.05) is 18.2 Å². The summed E-state index contributed by atoms with van der Waals surface area (Å²) in [6.45, 7) is 7.73. The largest absolute Gasteiger partial charge is 0.494 e. The highest BCUT2D eigenvalue weighted by molar-refractivity contribution is 6.31. The van der Waals surface area contributed by atoms with Crippen LogP contribution in [0.15, 0.2) is 55.4 Å². The molecule has 4 aliphatic heterocycles. The zero-order chi connectivity index (χ0) is 32.5. The van der Waals surface area contributed by atoms with Gasteiger partial charge in [0.2, 0.25) is 5.91 Å². The maximum Gasteiger partial charge on any atom is 0.247 e. The number of carbonyl (C=O) groups is 1. The highest BCUT2D eigenvalue weighted by Gasteiger charge is 2.42. The minimum Gasteiger partial charge on any atom is -0.494 e. The number of carbonyl (C=O) groups excluding carboxylic acids is 1. The first-order valence-electron chi connectivity index (χ1n) is 16.1. The van der Waals surface area contributed by atoms with Crippen LogP contribution in [-0.2, 0) is 20.8 Å². The lowest BCUT2D eigenvalue weighted by Gasteiger charge is -2.41. The number of anilines is 5. The molecule has 1 aromatic heterocycles. The summed E-state index contributed by atoms with van der Waals surface area (Å²) in [5.41, 5.74) is 2.86. The molecule has 0 radical (unpaired) electrons. The molecule has 248 valence electrons. The molecule has 1 amide bonds. The fraction of sp³-hybridized carbons (Fsp3) is 0.441. The fourth-order valence-corrected chi connectivity index (χ4v) is 7.48. The van der Waals surface area contributed by atoms with E-state index >= 15 is 0 Å². The number of benzene rings is 2. The summed E-state index contributed by atoms with van der Waals surface area (Å²) >= 11 is 6.25. The van der Waals surface area contributed by atoms with E-state index < -0.39 is 5.82 Å². The first-order valence-corrected chi connectivity index (χ1v) is 16.5. The van der Waals surface area contributed by atoms with Crippen LogP contribution in [0.5, 0.6) is 5.75 Å². The van der Waals surface area contributed by atoms with Crippen LogP contribution in [-0.4, -0.2) is 85.0 Å². The predicted octanol–water partition coefficient (Wildman–Crippen LogP) is 5.34. The normalized spacial score (nSPS) is 22.9. The van der Waals surface area contributed by atoms with Crippen molar-refractivity contribution in [1.29, 1.82) is 0 Å². The Morgan fingerprint density at radius 2 is 2.02 bits per heavy atom. The van der Waals surface area contributed by atoms with Gasteiger partial charge in [0.1, 0.15) is 23.7 Å². The molecule has 2 N–H and O–H groups in total. The van der Waals surface area contributed by atoms with Gasteiger partial charge in [-0.1, -0.05) is 30.3 Å². The summed E-state index contributed by atoms with van der Waals surface area (Å²) in [7, 11) is 1.62. The first kappa shape index (κ1) is 31.6. The Bertz CT molecular complexity index is 1640. The molecule has 0 spiro atoms. The van der Waals surface area contributed by atoms with Crippen LogP contribution in [0.25, 0.3) is 0 Å². The van der Waals surface area contributed by atoms with Crippen molar-refractivity contribution >= 4 is 46.2 Å². The van der Waals surface area contributed by atoms with Crippen molar-refractivity contribution < 1.29 is 23.5 Å². The smallest absolute Gasteiger partial charge is 0.247 e. The average molecular weight is 664 g/mol. The van der Waals surface area contributed by atoms with Crippen molar-refractivity contribution in [3.05, 3.63) is 71.8 Å². The summed E-state index contributed by atoms with van der Waals surface area (Å²) in [5.74, 6) is 0.911. The van der Waals surface area contributed by atoms with Gasteiger partial charge in [-0.15, -0.1) is 0 Å². The number of nitrogens with zero attached hydrogens (tertiary/aromatic N) is 5. The molecule has 0 saturated carbocycles. The molecular weight excluding hydrogens is 625 g/mol. The van der Waals surface area contributed by atoms with Gasteiger partial charge in [-0.05, 0) is 55.9 Å². The van der Waals surface area contributed by atoms with Crippen LogP contribution in [0.1, 0.15) is 31.2 Å². The van der Waals surface area contributed by atoms with Gasteiger partial charge in [-0.3, -0.25) is 14.5 Å². The number of aromatic nitrogens is 2. The number of amides is 1. The predicted molar refractivity (Wildman–Crippen MR) is 179 cm³/mol. The van der Waals surface area contributed by atoms with E-state index in [1.54, 1.807) is 24.3 Å². The monoisotopic (exact) mass is 663 g/mol. The molecule has 4 fully saturated rings. The number of fused-ring (bicyclic) bond motifs is 2. The summed E-state index contributed by atoms with van der Waals surface area (Å²) in [6, 6.07) is 11.4. The lowest BCUT2D eigenvalue weighted by Crippen LogP contribution is -2.49. The fourth-order valence-electron chi connectivity index (χ4n) is 7.28. The van der Waals surface area contributed by atoms with Crippen molar-refractivity contribution in [2.75, 3.05) is 60.6 Å². The van der Waals surface area contributed by atoms with E-state index in [0.29, 0.717) is 65.5 Å². The molecule has 0 aliphatic carbocycles. The number of piperidine rings is 1. The molecule has 7 rings (SSSR count). The second-order valence-electron chi connectivity index (χ2n) is 12.4. The molecule has 2 aromatic carbocycles. The minimum atomic E-state index is -0.444. The molecule has 5 heterocycles. The van der Waals surface area contributed by atoms with Gasteiger partial charge >= 0.3 is 0 Å². The topological polar surface area (TPSA) is 104 Å². The number of rotatable bonds is 10. The molecule has 13 heteroatoms. The molecule has 11 nitrogen and oxygen atoms in total. The van der Waals surface area contributed by atoms with Gasteiger partial charge < -0.3 is 25.0 Å². The first-order chi connectivity index (χ1) is 22.9. The number of halogens is 2. The SMILES string of the molecule is C=CC(=O)Nc1cc(Nc2cc(N3OCC[C@@H]3Cc3cccc(F)c3Cl)ncn2)c(OC)cc1N1CCC(N2C[C@@H]3C[C@H]2CO3)CC1. The van der Waals surface area contributed by atoms with Crippen molar-refractivity contribution in [2.45, 2.75) is 56.3 Å². The lowest BCUT2D eigenvalue weighted by molar-refractivity contribution is -0.111. The quantitative estimate of drug-likeness (QED) is 0.276. The zero-order valence-corrected chi connectivity index (χ0v) is 27.1. The number of hydrogen-bond donors (Lipinski definition) is 2. The summed E-state index contributed by atoms with van der Waals surface area (Å²) in [4.78, 5) is 32.3. The Labute approximate surface area is 278 Å². The molecule has 4 saturated heterocycles. The molecule has 3 atom stereocenters. The third-order valence-corrected chi connectivity index (χ3v) is 10.0. The van der Waals surface area contributed by atoms with Crippen LogP contribution < -0.4 is 25.3 Å². The number of ether oxygens (including phenoxy) is 2. The van der Waals surface area contributed by atoms with Crippen LogP contribution in [0.3, 0.4) is 0 Å². The summed E-state index contributed by atoms with van der Waals surface area (Å²) in [5, 5.41) is 8.20. The summed E-state index contributed by atoms with van der Waals surface area (Å²) < 4.78 is 25.8. The van der Waals surface area contributed by atoms with E-state index in [1.165, 1.54) is 18.5 Å². The molecule has 47 heavy (non-hydrogen) atoms. The Kier molecular flexibility index (Phi) is 9.17. The summed E-state index contributed by atoms with van der Waals surface area (Å²) in [6.07, 6.45) is 7.55. The number of likely N-dealkylation sites (tertiary alicyclic amines) is 1. The van der Waals surface area contributed by atoms with Gasteiger partial charge in [-0.25, -0.2) is 19.4 Å². The third-order valence-electron chi connectivity index (χ3n) is 9.62. The number of methoxy groups -OCH3 is 1. The van der Waals surface area contributed by atoms with Gasteiger partial charge in [-0.2, -0.15) is 0 Å². The molecular formula is C34H39ClFN7O4. The Hall–Kier alpha value is -3.97. The van der Waals surface area contributed by atoms with Crippen LogP contribution in [0.2, 0.25) is 5.02 Å². The van der Waals surface area contributed by atoms with E-state index in [4.69, 9.17) is 25.9 Å².